The Hall–Kier alpha value is -0.870. The van der Waals surface area contributed by atoms with Gasteiger partial charge in [0.2, 0.25) is 0 Å². The molecular weight excluding hydrogens is 224 g/mol. The first kappa shape index (κ1) is 9.22. The molecule has 0 radical (unpaired) electrons. The summed E-state index contributed by atoms with van der Waals surface area (Å²) in [4.78, 5) is 10.6. The molecule has 0 heterocycles. The van der Waals surface area contributed by atoms with E-state index >= 15 is 0 Å². The molecule has 0 bridgehead atoms. The van der Waals surface area contributed by atoms with Crippen molar-refractivity contribution in [1.29, 1.82) is 0 Å². The summed E-state index contributed by atoms with van der Waals surface area (Å²) in [5, 5.41) is 8.67. The van der Waals surface area contributed by atoms with Gasteiger partial charge in [-0.1, -0.05) is 30.3 Å². The molecule has 1 atom stereocenters. The van der Waals surface area contributed by atoms with Gasteiger partial charge in [-0.05, 0) is 5.56 Å². The maximum Gasteiger partial charge on any atom is 0.338 e. The minimum atomic E-state index is -1.02. The van der Waals surface area contributed by atoms with Crippen LogP contribution in [0.25, 0.3) is 0 Å². The topological polar surface area (TPSA) is 46.5 Å². The quantitative estimate of drug-likeness (QED) is 0.866. The van der Waals surface area contributed by atoms with Gasteiger partial charge in [-0.3, -0.25) is 3.83 Å². The lowest BCUT2D eigenvalue weighted by Gasteiger charge is -2.07. The fraction of sp³-hybridized carbons (Fsp3) is 0.125. The molecule has 0 aliphatic heterocycles. The van der Waals surface area contributed by atoms with E-state index in [1.165, 1.54) is 0 Å². The Kier molecular flexibility index (Phi) is 3.25. The number of carboxylic acids is 1. The SMILES string of the molecule is O=C(O)C(OBr)c1ccccc1. The normalized spacial score (nSPS) is 12.4. The minimum absolute atomic E-state index is 0.613. The highest BCUT2D eigenvalue weighted by Crippen LogP contribution is 2.19. The molecule has 0 amide bonds. The first-order valence-corrected chi connectivity index (χ1v) is 3.95. The molecule has 0 saturated carbocycles. The number of benzene rings is 1. The van der Waals surface area contributed by atoms with E-state index in [1.54, 1.807) is 24.3 Å². The summed E-state index contributed by atoms with van der Waals surface area (Å²) in [6.45, 7) is 0. The summed E-state index contributed by atoms with van der Waals surface area (Å²) in [6.07, 6.45) is -0.939. The van der Waals surface area contributed by atoms with Crippen LogP contribution in [0.1, 0.15) is 11.7 Å². The fourth-order valence-electron chi connectivity index (χ4n) is 0.860. The van der Waals surface area contributed by atoms with Crippen molar-refractivity contribution in [3.63, 3.8) is 0 Å². The molecule has 0 aromatic heterocycles. The van der Waals surface area contributed by atoms with E-state index in [-0.39, 0.29) is 0 Å². The molecule has 1 rings (SSSR count). The highest BCUT2D eigenvalue weighted by atomic mass is 79.9. The van der Waals surface area contributed by atoms with Crippen LogP contribution >= 0.6 is 16.3 Å². The van der Waals surface area contributed by atoms with Gasteiger partial charge in [-0.2, -0.15) is 0 Å². The maximum atomic E-state index is 10.6. The zero-order valence-corrected chi connectivity index (χ0v) is 7.69. The van der Waals surface area contributed by atoms with Crippen LogP contribution in [0.5, 0.6) is 0 Å². The van der Waals surface area contributed by atoms with Gasteiger partial charge in [-0.15, -0.1) is 0 Å². The zero-order valence-electron chi connectivity index (χ0n) is 6.11. The second-order valence-electron chi connectivity index (χ2n) is 2.22. The van der Waals surface area contributed by atoms with E-state index in [0.717, 1.165) is 0 Å². The molecular formula is C8H7BrO3. The largest absolute Gasteiger partial charge is 0.479 e. The molecule has 0 aliphatic rings. The van der Waals surface area contributed by atoms with E-state index in [2.05, 4.69) is 20.1 Å². The Balaban J connectivity index is 2.88. The molecule has 1 aromatic carbocycles. The minimum Gasteiger partial charge on any atom is -0.479 e. The molecule has 0 fully saturated rings. The van der Waals surface area contributed by atoms with Gasteiger partial charge in [0, 0.05) is 0 Å². The molecule has 4 heteroatoms. The predicted octanol–water partition coefficient (Wildman–Crippen LogP) is 2.14. The van der Waals surface area contributed by atoms with Crippen LogP contribution in [0.4, 0.5) is 0 Å². The van der Waals surface area contributed by atoms with Crippen LogP contribution in [-0.4, -0.2) is 11.1 Å². The Morgan fingerprint density at radius 1 is 1.42 bits per heavy atom. The molecule has 1 aromatic rings. The standard InChI is InChI=1S/C8H7BrO3/c9-12-7(8(10)11)6-4-2-1-3-5-6/h1-5,7H,(H,10,11). The van der Waals surface area contributed by atoms with Crippen molar-refractivity contribution in [3.8, 4) is 0 Å². The average Bonchev–Trinajstić information content (AvgIpc) is 2.07. The third-order valence-electron chi connectivity index (χ3n) is 1.42. The second-order valence-corrected chi connectivity index (χ2v) is 2.59. The number of carboxylic acid groups (broad SMARTS) is 1. The predicted molar refractivity (Wildman–Crippen MR) is 46.8 cm³/mol. The van der Waals surface area contributed by atoms with Crippen molar-refractivity contribution in [1.82, 2.24) is 0 Å². The molecule has 1 N–H and O–H groups in total. The van der Waals surface area contributed by atoms with E-state index in [0.29, 0.717) is 5.56 Å². The van der Waals surface area contributed by atoms with E-state index in [4.69, 9.17) is 5.11 Å². The van der Waals surface area contributed by atoms with Gasteiger partial charge in [0.15, 0.2) is 6.10 Å². The Bertz CT molecular complexity index is 260. The average molecular weight is 231 g/mol. The van der Waals surface area contributed by atoms with Crippen LogP contribution in [-0.2, 0) is 8.62 Å². The van der Waals surface area contributed by atoms with Crippen molar-refractivity contribution in [2.45, 2.75) is 6.10 Å². The van der Waals surface area contributed by atoms with Gasteiger partial charge in [0.1, 0.15) is 16.3 Å². The van der Waals surface area contributed by atoms with E-state index < -0.39 is 12.1 Å². The summed E-state index contributed by atoms with van der Waals surface area (Å²) in [5.74, 6) is -1.02. The van der Waals surface area contributed by atoms with Gasteiger partial charge < -0.3 is 5.11 Å². The van der Waals surface area contributed by atoms with Gasteiger partial charge >= 0.3 is 5.97 Å². The molecule has 0 spiro atoms. The lowest BCUT2D eigenvalue weighted by atomic mass is 10.1. The third kappa shape index (κ3) is 2.06. The lowest BCUT2D eigenvalue weighted by Crippen LogP contribution is -2.10. The van der Waals surface area contributed by atoms with Crippen LogP contribution in [0.3, 0.4) is 0 Å². The second kappa shape index (κ2) is 4.23. The van der Waals surface area contributed by atoms with Crippen molar-refractivity contribution in [2.75, 3.05) is 0 Å². The lowest BCUT2D eigenvalue weighted by molar-refractivity contribution is -0.144. The van der Waals surface area contributed by atoms with Crippen molar-refractivity contribution in [2.24, 2.45) is 0 Å². The monoisotopic (exact) mass is 230 g/mol. The summed E-state index contributed by atoms with van der Waals surface area (Å²) in [5.41, 5.74) is 0.613. The fourth-order valence-corrected chi connectivity index (χ4v) is 1.24. The summed E-state index contributed by atoms with van der Waals surface area (Å²) in [6, 6.07) is 8.73. The Morgan fingerprint density at radius 3 is 2.42 bits per heavy atom. The van der Waals surface area contributed by atoms with E-state index in [1.807, 2.05) is 6.07 Å². The summed E-state index contributed by atoms with van der Waals surface area (Å²) in [7, 11) is 0. The van der Waals surface area contributed by atoms with Gasteiger partial charge in [0.05, 0.1) is 0 Å². The summed E-state index contributed by atoms with van der Waals surface area (Å²) >= 11 is 2.67. The number of carbonyl (C=O) groups is 1. The van der Waals surface area contributed by atoms with Crippen molar-refractivity contribution in [3.05, 3.63) is 35.9 Å². The van der Waals surface area contributed by atoms with Crippen LogP contribution in [0.15, 0.2) is 30.3 Å². The first-order chi connectivity index (χ1) is 5.75. The van der Waals surface area contributed by atoms with Crippen LogP contribution in [0.2, 0.25) is 0 Å². The van der Waals surface area contributed by atoms with E-state index in [9.17, 15) is 4.79 Å². The van der Waals surface area contributed by atoms with Crippen LogP contribution < -0.4 is 0 Å². The van der Waals surface area contributed by atoms with Crippen LogP contribution in [0, 0.1) is 0 Å². The molecule has 0 aliphatic carbocycles. The maximum absolute atomic E-state index is 10.6. The first-order valence-electron chi connectivity index (χ1n) is 3.31. The van der Waals surface area contributed by atoms with Gasteiger partial charge in [-0.25, -0.2) is 4.79 Å². The molecule has 64 valence electrons. The number of rotatable bonds is 3. The van der Waals surface area contributed by atoms with Gasteiger partial charge in [0.25, 0.3) is 0 Å². The smallest absolute Gasteiger partial charge is 0.338 e. The molecule has 0 saturated heterocycles. The number of aliphatic carboxylic acids is 1. The molecule has 12 heavy (non-hydrogen) atoms. The van der Waals surface area contributed by atoms with Crippen molar-refractivity contribution >= 4 is 22.2 Å². The van der Waals surface area contributed by atoms with Crippen molar-refractivity contribution < 1.29 is 13.7 Å². The zero-order chi connectivity index (χ0) is 8.97. The Labute approximate surface area is 78.4 Å². The number of hydrogen-bond acceptors (Lipinski definition) is 2. The Morgan fingerprint density at radius 2 is 2.00 bits per heavy atom. The number of hydrogen-bond donors (Lipinski definition) is 1. The molecule has 1 unspecified atom stereocenters. The summed E-state index contributed by atoms with van der Waals surface area (Å²) < 4.78 is 4.61. The highest BCUT2D eigenvalue weighted by molar-refractivity contribution is 9.06. The molecule has 3 nitrogen and oxygen atoms in total. The number of halogens is 1. The highest BCUT2D eigenvalue weighted by Gasteiger charge is 2.18. The third-order valence-corrected chi connectivity index (χ3v) is 1.79.